The number of hydrogen-bond acceptors (Lipinski definition) is 5. The second-order valence-corrected chi connectivity index (χ2v) is 9.72. The number of nitrogens with zero attached hydrogens (tertiary/aromatic N) is 2. The lowest BCUT2D eigenvalue weighted by atomic mass is 9.99. The highest BCUT2D eigenvalue weighted by atomic mass is 16.5. The minimum atomic E-state index is -0.277. The number of nitrogens with one attached hydrogen (secondary N) is 2. The highest BCUT2D eigenvalue weighted by Crippen LogP contribution is 2.31. The van der Waals surface area contributed by atoms with Crippen LogP contribution in [0.3, 0.4) is 0 Å². The maximum atomic E-state index is 13.3. The summed E-state index contributed by atoms with van der Waals surface area (Å²) in [7, 11) is 1.68. The topological polar surface area (TPSA) is 73.9 Å². The molecule has 2 aliphatic rings. The van der Waals surface area contributed by atoms with Crippen molar-refractivity contribution >= 4 is 28.9 Å². The van der Waals surface area contributed by atoms with E-state index in [-0.39, 0.29) is 17.9 Å². The summed E-state index contributed by atoms with van der Waals surface area (Å²) in [5.41, 5.74) is 5.77. The summed E-state index contributed by atoms with van der Waals surface area (Å²) >= 11 is 0. The van der Waals surface area contributed by atoms with E-state index in [1.807, 2.05) is 47.4 Å². The van der Waals surface area contributed by atoms with Gasteiger partial charge in [-0.3, -0.25) is 9.59 Å². The quantitative estimate of drug-likeness (QED) is 0.493. The summed E-state index contributed by atoms with van der Waals surface area (Å²) in [6.07, 6.45) is 2.61. The van der Waals surface area contributed by atoms with E-state index in [1.54, 1.807) is 13.2 Å². The van der Waals surface area contributed by atoms with Gasteiger partial charge in [-0.15, -0.1) is 0 Å². The monoisotopic (exact) mass is 498 g/mol. The first-order valence-corrected chi connectivity index (χ1v) is 13.0. The molecule has 7 nitrogen and oxygen atoms in total. The lowest BCUT2D eigenvalue weighted by Gasteiger charge is -2.36. The minimum Gasteiger partial charge on any atom is -0.495 e. The van der Waals surface area contributed by atoms with Crippen LogP contribution < -0.4 is 20.3 Å². The van der Waals surface area contributed by atoms with Crippen molar-refractivity contribution in [3.8, 4) is 5.75 Å². The van der Waals surface area contributed by atoms with Gasteiger partial charge in [0, 0.05) is 31.7 Å². The largest absolute Gasteiger partial charge is 0.495 e. The van der Waals surface area contributed by atoms with Gasteiger partial charge in [-0.1, -0.05) is 36.4 Å². The zero-order valence-electron chi connectivity index (χ0n) is 21.5. The van der Waals surface area contributed by atoms with E-state index in [0.717, 1.165) is 49.5 Å². The Kier molecular flexibility index (Phi) is 7.30. The number of rotatable bonds is 7. The number of aryl methyl sites for hydroxylation is 2. The van der Waals surface area contributed by atoms with E-state index in [2.05, 4.69) is 40.7 Å². The molecule has 0 aromatic heterocycles. The Labute approximate surface area is 218 Å². The molecule has 1 unspecified atom stereocenters. The van der Waals surface area contributed by atoms with Crippen LogP contribution in [0.25, 0.3) is 0 Å². The predicted molar refractivity (Wildman–Crippen MR) is 148 cm³/mol. The second-order valence-electron chi connectivity index (χ2n) is 9.72. The number of piperazine rings is 1. The Balaban J connectivity index is 1.18. The van der Waals surface area contributed by atoms with Crippen molar-refractivity contribution < 1.29 is 14.3 Å². The molecule has 192 valence electrons. The molecule has 1 atom stereocenters. The van der Waals surface area contributed by atoms with Crippen LogP contribution in [0.1, 0.15) is 34.3 Å². The molecule has 0 spiro atoms. The molecule has 0 radical (unpaired) electrons. The van der Waals surface area contributed by atoms with E-state index in [4.69, 9.17) is 4.74 Å². The number of anilines is 3. The molecule has 0 bridgehead atoms. The number of amides is 2. The van der Waals surface area contributed by atoms with Crippen LogP contribution in [0.4, 0.5) is 17.1 Å². The SMILES string of the molecule is COc1ccccc1N1CCN(C(=O)c2ccc3c(c2)NC(=O)C(CCCc2ccccc2C)N3)CC1. The van der Waals surface area contributed by atoms with Gasteiger partial charge < -0.3 is 25.2 Å². The lowest BCUT2D eigenvalue weighted by Crippen LogP contribution is -2.49. The third-order valence-electron chi connectivity index (χ3n) is 7.36. The molecule has 7 heteroatoms. The van der Waals surface area contributed by atoms with Crippen molar-refractivity contribution in [2.75, 3.05) is 48.8 Å². The summed E-state index contributed by atoms with van der Waals surface area (Å²) < 4.78 is 5.50. The van der Waals surface area contributed by atoms with Gasteiger partial charge in [-0.25, -0.2) is 0 Å². The Hall–Kier alpha value is -4.00. The molecular formula is C30H34N4O3. The predicted octanol–water partition coefficient (Wildman–Crippen LogP) is 4.72. The van der Waals surface area contributed by atoms with E-state index in [9.17, 15) is 9.59 Å². The summed E-state index contributed by atoms with van der Waals surface area (Å²) in [5.74, 6) is 0.776. The first kappa shape index (κ1) is 24.7. The maximum Gasteiger partial charge on any atom is 0.254 e. The molecule has 2 amide bonds. The number of hydrogen-bond donors (Lipinski definition) is 2. The third-order valence-corrected chi connectivity index (χ3v) is 7.36. The van der Waals surface area contributed by atoms with Crippen LogP contribution >= 0.6 is 0 Å². The van der Waals surface area contributed by atoms with Crippen LogP contribution in [0.2, 0.25) is 0 Å². The summed E-state index contributed by atoms with van der Waals surface area (Å²) in [5, 5.41) is 6.39. The zero-order valence-corrected chi connectivity index (χ0v) is 21.5. The van der Waals surface area contributed by atoms with Crippen LogP contribution in [0.5, 0.6) is 5.75 Å². The standard InChI is InChI=1S/C30H34N4O3/c1-21-8-3-4-9-22(21)10-7-11-25-29(35)32-26-20-23(14-15-24(26)31-25)30(36)34-18-16-33(17-19-34)27-12-5-6-13-28(27)37-2/h3-6,8-9,12-15,20,25,31H,7,10-11,16-19H2,1-2H3,(H,32,35). The average molecular weight is 499 g/mol. The molecule has 0 saturated carbocycles. The van der Waals surface area contributed by atoms with E-state index >= 15 is 0 Å². The van der Waals surface area contributed by atoms with Gasteiger partial charge in [-0.05, 0) is 67.6 Å². The summed E-state index contributed by atoms with van der Waals surface area (Å²) in [6.45, 7) is 4.85. The van der Waals surface area contributed by atoms with Gasteiger partial charge in [0.25, 0.3) is 5.91 Å². The van der Waals surface area contributed by atoms with Crippen molar-refractivity contribution in [3.05, 3.63) is 83.4 Å². The molecule has 2 N–H and O–H groups in total. The molecule has 3 aromatic carbocycles. The molecular weight excluding hydrogens is 464 g/mol. The Morgan fingerprint density at radius 1 is 0.973 bits per heavy atom. The molecule has 37 heavy (non-hydrogen) atoms. The molecule has 0 aliphatic carbocycles. The van der Waals surface area contributed by atoms with Gasteiger partial charge in [-0.2, -0.15) is 0 Å². The smallest absolute Gasteiger partial charge is 0.254 e. The van der Waals surface area contributed by atoms with Gasteiger partial charge >= 0.3 is 0 Å². The van der Waals surface area contributed by atoms with Crippen LogP contribution in [-0.4, -0.2) is 56.0 Å². The molecule has 2 heterocycles. The van der Waals surface area contributed by atoms with Crippen molar-refractivity contribution in [1.29, 1.82) is 0 Å². The van der Waals surface area contributed by atoms with Crippen molar-refractivity contribution in [1.82, 2.24) is 4.90 Å². The van der Waals surface area contributed by atoms with Gasteiger partial charge in [0.2, 0.25) is 5.91 Å². The second kappa shape index (κ2) is 10.9. The molecule has 3 aromatic rings. The maximum absolute atomic E-state index is 13.3. The lowest BCUT2D eigenvalue weighted by molar-refractivity contribution is -0.117. The first-order valence-electron chi connectivity index (χ1n) is 13.0. The minimum absolute atomic E-state index is 0.0166. The average Bonchev–Trinajstić information content (AvgIpc) is 2.93. The fourth-order valence-electron chi connectivity index (χ4n) is 5.19. The number of para-hydroxylation sites is 2. The van der Waals surface area contributed by atoms with Gasteiger partial charge in [0.05, 0.1) is 24.2 Å². The zero-order chi connectivity index (χ0) is 25.8. The normalized spacial score (nSPS) is 17.0. The number of methoxy groups -OCH3 is 1. The highest BCUT2D eigenvalue weighted by Gasteiger charge is 2.28. The van der Waals surface area contributed by atoms with Crippen LogP contribution in [-0.2, 0) is 11.2 Å². The van der Waals surface area contributed by atoms with Crippen molar-refractivity contribution in [2.24, 2.45) is 0 Å². The van der Waals surface area contributed by atoms with E-state index in [1.165, 1.54) is 11.1 Å². The van der Waals surface area contributed by atoms with Gasteiger partial charge in [0.1, 0.15) is 11.8 Å². The Morgan fingerprint density at radius 3 is 2.51 bits per heavy atom. The van der Waals surface area contributed by atoms with Crippen LogP contribution in [0.15, 0.2) is 66.7 Å². The number of ether oxygens (including phenoxy) is 1. The summed E-state index contributed by atoms with van der Waals surface area (Å²) in [4.78, 5) is 30.2. The fraction of sp³-hybridized carbons (Fsp3) is 0.333. The van der Waals surface area contributed by atoms with Crippen molar-refractivity contribution in [2.45, 2.75) is 32.2 Å². The Morgan fingerprint density at radius 2 is 1.73 bits per heavy atom. The number of carbonyl (C=O) groups excluding carboxylic acids is 2. The van der Waals surface area contributed by atoms with E-state index < -0.39 is 0 Å². The fourth-order valence-corrected chi connectivity index (χ4v) is 5.19. The molecule has 1 saturated heterocycles. The van der Waals surface area contributed by atoms with Gasteiger partial charge in [0.15, 0.2) is 0 Å². The molecule has 1 fully saturated rings. The summed E-state index contributed by atoms with van der Waals surface area (Å²) in [6, 6.07) is 21.6. The van der Waals surface area contributed by atoms with Crippen LogP contribution in [0, 0.1) is 6.92 Å². The molecule has 5 rings (SSSR count). The molecule has 2 aliphatic heterocycles. The van der Waals surface area contributed by atoms with Crippen molar-refractivity contribution in [3.63, 3.8) is 0 Å². The number of benzene rings is 3. The highest BCUT2D eigenvalue weighted by molar-refractivity contribution is 6.05. The first-order chi connectivity index (χ1) is 18.0. The number of carbonyl (C=O) groups is 2. The number of fused-ring (bicyclic) bond motifs is 1. The third kappa shape index (κ3) is 5.40. The van der Waals surface area contributed by atoms with E-state index in [0.29, 0.717) is 24.3 Å². The Bertz CT molecular complexity index is 1280.